The predicted molar refractivity (Wildman–Crippen MR) is 72.7 cm³/mol. The molecule has 100 valence electrons. The van der Waals surface area contributed by atoms with E-state index in [1.807, 2.05) is 26.8 Å². The summed E-state index contributed by atoms with van der Waals surface area (Å²) in [5.41, 5.74) is 8.57. The monoisotopic (exact) mass is 259 g/mol. The molecule has 3 N–H and O–H groups in total. The molecule has 0 unspecified atom stereocenters. The van der Waals surface area contributed by atoms with Crippen molar-refractivity contribution in [3.8, 4) is 0 Å². The standard InChI is InChI=1S/C14H17N3O2/c1-8-5-4-6-11(13(8)15)14(18)16-7-12-17-9(2)10(3)19-12/h4-6H,7,15H2,1-3H3,(H,16,18). The summed E-state index contributed by atoms with van der Waals surface area (Å²) in [5.74, 6) is 1.03. The molecule has 1 aromatic heterocycles. The number of amides is 1. The molecule has 1 aromatic carbocycles. The Morgan fingerprint density at radius 1 is 1.37 bits per heavy atom. The number of hydrogen-bond donors (Lipinski definition) is 2. The van der Waals surface area contributed by atoms with E-state index in [0.29, 0.717) is 17.1 Å². The number of carbonyl (C=O) groups excluding carboxylic acids is 1. The van der Waals surface area contributed by atoms with Crippen LogP contribution >= 0.6 is 0 Å². The lowest BCUT2D eigenvalue weighted by Crippen LogP contribution is -2.24. The maximum Gasteiger partial charge on any atom is 0.253 e. The molecule has 0 saturated carbocycles. The summed E-state index contributed by atoms with van der Waals surface area (Å²) in [4.78, 5) is 16.2. The summed E-state index contributed by atoms with van der Waals surface area (Å²) in [5, 5.41) is 2.75. The van der Waals surface area contributed by atoms with Gasteiger partial charge in [-0.3, -0.25) is 4.79 Å². The second-order valence-corrected chi connectivity index (χ2v) is 4.47. The van der Waals surface area contributed by atoms with Crippen molar-refractivity contribution >= 4 is 11.6 Å². The summed E-state index contributed by atoms with van der Waals surface area (Å²) in [6.45, 7) is 5.82. The van der Waals surface area contributed by atoms with E-state index in [4.69, 9.17) is 10.2 Å². The lowest BCUT2D eigenvalue weighted by atomic mass is 10.1. The van der Waals surface area contributed by atoms with Crippen LogP contribution in [0.15, 0.2) is 22.6 Å². The van der Waals surface area contributed by atoms with E-state index < -0.39 is 0 Å². The highest BCUT2D eigenvalue weighted by Crippen LogP contribution is 2.16. The van der Waals surface area contributed by atoms with Gasteiger partial charge in [0.2, 0.25) is 5.89 Å². The Labute approximate surface area is 111 Å². The van der Waals surface area contributed by atoms with E-state index in [9.17, 15) is 4.79 Å². The van der Waals surface area contributed by atoms with Crippen LogP contribution in [0.5, 0.6) is 0 Å². The van der Waals surface area contributed by atoms with Crippen LogP contribution < -0.4 is 11.1 Å². The molecule has 0 aliphatic rings. The minimum atomic E-state index is -0.227. The maximum absolute atomic E-state index is 12.0. The van der Waals surface area contributed by atoms with Crippen LogP contribution in [0.25, 0.3) is 0 Å². The number of nitrogen functional groups attached to an aromatic ring is 1. The lowest BCUT2D eigenvalue weighted by molar-refractivity contribution is 0.0948. The van der Waals surface area contributed by atoms with Crippen LogP contribution in [0, 0.1) is 20.8 Å². The topological polar surface area (TPSA) is 81.2 Å². The molecule has 0 aliphatic carbocycles. The van der Waals surface area contributed by atoms with Gasteiger partial charge < -0.3 is 15.5 Å². The molecular formula is C14H17N3O2. The first-order valence-electron chi connectivity index (χ1n) is 6.05. The largest absolute Gasteiger partial charge is 0.444 e. The Balaban J connectivity index is 2.07. The fourth-order valence-electron chi connectivity index (χ4n) is 1.74. The number of nitrogens with zero attached hydrogens (tertiary/aromatic N) is 1. The number of oxazole rings is 1. The zero-order valence-corrected chi connectivity index (χ0v) is 11.3. The Morgan fingerprint density at radius 3 is 2.74 bits per heavy atom. The van der Waals surface area contributed by atoms with Gasteiger partial charge in [0.15, 0.2) is 0 Å². The first-order chi connectivity index (χ1) is 8.99. The van der Waals surface area contributed by atoms with E-state index in [1.165, 1.54) is 0 Å². The molecule has 0 atom stereocenters. The summed E-state index contributed by atoms with van der Waals surface area (Å²) < 4.78 is 5.40. The Morgan fingerprint density at radius 2 is 2.11 bits per heavy atom. The quantitative estimate of drug-likeness (QED) is 0.827. The van der Waals surface area contributed by atoms with Crippen LogP contribution in [0.2, 0.25) is 0 Å². The Bertz CT molecular complexity index is 598. The van der Waals surface area contributed by atoms with Gasteiger partial charge in [-0.05, 0) is 32.4 Å². The molecule has 2 rings (SSSR count). The van der Waals surface area contributed by atoms with Gasteiger partial charge in [0.05, 0.1) is 17.8 Å². The Kier molecular flexibility index (Phi) is 3.55. The third-order valence-electron chi connectivity index (χ3n) is 3.04. The number of anilines is 1. The molecule has 0 aliphatic heterocycles. The molecule has 5 heteroatoms. The number of aryl methyl sites for hydroxylation is 3. The van der Waals surface area contributed by atoms with E-state index in [2.05, 4.69) is 10.3 Å². The van der Waals surface area contributed by atoms with Gasteiger partial charge in [-0.2, -0.15) is 0 Å². The zero-order chi connectivity index (χ0) is 14.0. The van der Waals surface area contributed by atoms with E-state index in [1.54, 1.807) is 12.1 Å². The summed E-state index contributed by atoms with van der Waals surface area (Å²) in [7, 11) is 0. The van der Waals surface area contributed by atoms with Gasteiger partial charge in [-0.25, -0.2) is 4.98 Å². The second-order valence-electron chi connectivity index (χ2n) is 4.47. The molecule has 0 bridgehead atoms. The van der Waals surface area contributed by atoms with Crippen molar-refractivity contribution in [2.45, 2.75) is 27.3 Å². The minimum Gasteiger partial charge on any atom is -0.444 e. The lowest BCUT2D eigenvalue weighted by Gasteiger charge is -2.07. The Hall–Kier alpha value is -2.30. The second kappa shape index (κ2) is 5.14. The summed E-state index contributed by atoms with van der Waals surface area (Å²) in [6, 6.07) is 5.37. The van der Waals surface area contributed by atoms with Gasteiger partial charge in [0.1, 0.15) is 5.76 Å². The van der Waals surface area contributed by atoms with Crippen molar-refractivity contribution < 1.29 is 9.21 Å². The van der Waals surface area contributed by atoms with Crippen LogP contribution in [-0.4, -0.2) is 10.9 Å². The van der Waals surface area contributed by atoms with E-state index in [-0.39, 0.29) is 12.5 Å². The van der Waals surface area contributed by atoms with Gasteiger partial charge in [-0.1, -0.05) is 12.1 Å². The number of nitrogens with two attached hydrogens (primary N) is 1. The van der Waals surface area contributed by atoms with Crippen molar-refractivity contribution in [2.24, 2.45) is 0 Å². The zero-order valence-electron chi connectivity index (χ0n) is 11.3. The summed E-state index contributed by atoms with van der Waals surface area (Å²) in [6.07, 6.45) is 0. The third kappa shape index (κ3) is 2.76. The van der Waals surface area contributed by atoms with Crippen LogP contribution in [0.3, 0.4) is 0 Å². The number of nitrogens with one attached hydrogen (secondary N) is 1. The number of aromatic nitrogens is 1. The maximum atomic E-state index is 12.0. The molecule has 0 spiro atoms. The van der Waals surface area contributed by atoms with Gasteiger partial charge in [-0.15, -0.1) is 0 Å². The van der Waals surface area contributed by atoms with Gasteiger partial charge >= 0.3 is 0 Å². The van der Waals surface area contributed by atoms with Crippen LogP contribution in [0.1, 0.15) is 33.3 Å². The third-order valence-corrected chi connectivity index (χ3v) is 3.04. The van der Waals surface area contributed by atoms with Crippen molar-refractivity contribution in [3.63, 3.8) is 0 Å². The molecule has 1 heterocycles. The van der Waals surface area contributed by atoms with Crippen molar-refractivity contribution in [2.75, 3.05) is 5.73 Å². The fraction of sp³-hybridized carbons (Fsp3) is 0.286. The highest BCUT2D eigenvalue weighted by molar-refractivity contribution is 5.99. The first-order valence-corrected chi connectivity index (χ1v) is 6.05. The highest BCUT2D eigenvalue weighted by atomic mass is 16.4. The van der Waals surface area contributed by atoms with Crippen LogP contribution in [0.4, 0.5) is 5.69 Å². The van der Waals surface area contributed by atoms with Gasteiger partial charge in [0.25, 0.3) is 5.91 Å². The van der Waals surface area contributed by atoms with Crippen molar-refractivity contribution in [3.05, 3.63) is 46.7 Å². The summed E-state index contributed by atoms with van der Waals surface area (Å²) >= 11 is 0. The molecule has 1 amide bonds. The average molecular weight is 259 g/mol. The normalized spacial score (nSPS) is 10.5. The van der Waals surface area contributed by atoms with E-state index >= 15 is 0 Å². The molecule has 5 nitrogen and oxygen atoms in total. The number of carbonyl (C=O) groups is 1. The first kappa shape index (κ1) is 13.1. The molecule has 0 radical (unpaired) electrons. The SMILES string of the molecule is Cc1cccc(C(=O)NCc2nc(C)c(C)o2)c1N. The smallest absolute Gasteiger partial charge is 0.253 e. The number of rotatable bonds is 3. The molecule has 0 fully saturated rings. The highest BCUT2D eigenvalue weighted by Gasteiger charge is 2.12. The molecule has 2 aromatic rings. The number of para-hydroxylation sites is 1. The van der Waals surface area contributed by atoms with Gasteiger partial charge in [0, 0.05) is 5.69 Å². The molecule has 19 heavy (non-hydrogen) atoms. The molecular weight excluding hydrogens is 242 g/mol. The number of benzene rings is 1. The molecule has 0 saturated heterocycles. The predicted octanol–water partition coefficient (Wildman–Crippen LogP) is 2.11. The fourth-order valence-corrected chi connectivity index (χ4v) is 1.74. The van der Waals surface area contributed by atoms with Crippen molar-refractivity contribution in [1.29, 1.82) is 0 Å². The van der Waals surface area contributed by atoms with Crippen molar-refractivity contribution in [1.82, 2.24) is 10.3 Å². The van der Waals surface area contributed by atoms with E-state index in [0.717, 1.165) is 17.0 Å². The number of hydrogen-bond acceptors (Lipinski definition) is 4. The minimum absolute atomic E-state index is 0.227. The van der Waals surface area contributed by atoms with Crippen LogP contribution in [-0.2, 0) is 6.54 Å². The average Bonchev–Trinajstić information content (AvgIpc) is 2.69.